The van der Waals surface area contributed by atoms with E-state index in [1.807, 2.05) is 0 Å². The quantitative estimate of drug-likeness (QED) is 0.854. The van der Waals surface area contributed by atoms with Gasteiger partial charge in [-0.15, -0.1) is 0 Å². The molecule has 0 bridgehead atoms. The van der Waals surface area contributed by atoms with Crippen LogP contribution in [0.5, 0.6) is 0 Å². The van der Waals surface area contributed by atoms with Crippen LogP contribution in [-0.4, -0.2) is 25.5 Å². The molecule has 0 atom stereocenters. The standard InChI is InChI=1S/C12H16BrNO5S/c1-7-2-4-8(5-3-7)14-20(17,18)10-6-9(12(15)16)19-11(10)13/h6-8,14H,2-5H2,1H3,(H,15,16). The number of nitrogens with one attached hydrogen (secondary N) is 1. The van der Waals surface area contributed by atoms with Crippen molar-refractivity contribution in [3.63, 3.8) is 0 Å². The van der Waals surface area contributed by atoms with E-state index in [1.54, 1.807) is 0 Å². The van der Waals surface area contributed by atoms with Gasteiger partial charge < -0.3 is 9.52 Å². The fourth-order valence-electron chi connectivity index (χ4n) is 2.30. The minimum Gasteiger partial charge on any atom is -0.475 e. The predicted molar refractivity (Wildman–Crippen MR) is 75.1 cm³/mol. The van der Waals surface area contributed by atoms with Crippen molar-refractivity contribution < 1.29 is 22.7 Å². The van der Waals surface area contributed by atoms with E-state index in [-0.39, 0.29) is 15.6 Å². The molecule has 0 aromatic carbocycles. The lowest BCUT2D eigenvalue weighted by atomic mass is 9.88. The molecule has 0 amide bonds. The molecule has 0 spiro atoms. The smallest absolute Gasteiger partial charge is 0.371 e. The highest BCUT2D eigenvalue weighted by Crippen LogP contribution is 2.29. The first-order chi connectivity index (χ1) is 9.29. The van der Waals surface area contributed by atoms with Gasteiger partial charge in [0, 0.05) is 12.1 Å². The van der Waals surface area contributed by atoms with Gasteiger partial charge in [0.25, 0.3) is 0 Å². The van der Waals surface area contributed by atoms with Gasteiger partial charge in [0.2, 0.25) is 15.8 Å². The minimum atomic E-state index is -3.77. The van der Waals surface area contributed by atoms with Crippen molar-refractivity contribution in [2.45, 2.75) is 43.5 Å². The second kappa shape index (κ2) is 5.87. The van der Waals surface area contributed by atoms with Crippen LogP contribution in [-0.2, 0) is 10.0 Å². The minimum absolute atomic E-state index is 0.0911. The lowest BCUT2D eigenvalue weighted by Gasteiger charge is -2.26. The molecule has 1 heterocycles. The van der Waals surface area contributed by atoms with E-state index < -0.39 is 21.8 Å². The molecule has 0 saturated heterocycles. The molecule has 2 rings (SSSR count). The average Bonchev–Trinajstić information content (AvgIpc) is 2.75. The molecule has 0 aliphatic heterocycles. The molecule has 20 heavy (non-hydrogen) atoms. The van der Waals surface area contributed by atoms with Gasteiger partial charge in [-0.25, -0.2) is 17.9 Å². The second-order valence-corrected chi connectivity index (χ2v) is 7.53. The molecule has 112 valence electrons. The molecule has 0 radical (unpaired) electrons. The molecule has 6 nitrogen and oxygen atoms in total. The molecular formula is C12H16BrNO5S. The summed E-state index contributed by atoms with van der Waals surface area (Å²) in [5.41, 5.74) is 0. The number of halogens is 1. The summed E-state index contributed by atoms with van der Waals surface area (Å²) in [5.74, 6) is -1.09. The average molecular weight is 366 g/mol. The van der Waals surface area contributed by atoms with Crippen LogP contribution in [0.4, 0.5) is 0 Å². The first kappa shape index (κ1) is 15.5. The number of hydrogen-bond donors (Lipinski definition) is 2. The molecule has 8 heteroatoms. The molecule has 1 aromatic rings. The Morgan fingerprint density at radius 1 is 1.40 bits per heavy atom. The third-order valence-corrected chi connectivity index (χ3v) is 5.87. The zero-order valence-electron chi connectivity index (χ0n) is 10.9. The number of sulfonamides is 1. The Bertz CT molecular complexity index is 601. The van der Waals surface area contributed by atoms with Gasteiger partial charge in [-0.2, -0.15) is 0 Å². The summed E-state index contributed by atoms with van der Waals surface area (Å²) in [6.07, 6.45) is 3.56. The Balaban J connectivity index is 2.16. The topological polar surface area (TPSA) is 96.6 Å². The van der Waals surface area contributed by atoms with Crippen LogP contribution in [0.3, 0.4) is 0 Å². The van der Waals surface area contributed by atoms with Gasteiger partial charge >= 0.3 is 5.97 Å². The zero-order chi connectivity index (χ0) is 14.9. The van der Waals surface area contributed by atoms with Crippen LogP contribution in [0, 0.1) is 5.92 Å². The summed E-state index contributed by atoms with van der Waals surface area (Å²) < 4.78 is 31.9. The van der Waals surface area contributed by atoms with Crippen LogP contribution in [0.15, 0.2) is 20.0 Å². The number of furan rings is 1. The van der Waals surface area contributed by atoms with E-state index in [2.05, 4.69) is 27.6 Å². The van der Waals surface area contributed by atoms with Crippen LogP contribution in [0.1, 0.15) is 43.2 Å². The summed E-state index contributed by atoms with van der Waals surface area (Å²) in [7, 11) is -3.77. The first-order valence-corrected chi connectivity index (χ1v) is 8.62. The molecular weight excluding hydrogens is 350 g/mol. The molecule has 2 N–H and O–H groups in total. The van der Waals surface area contributed by atoms with Gasteiger partial charge in [-0.1, -0.05) is 6.92 Å². The maximum Gasteiger partial charge on any atom is 0.371 e. The van der Waals surface area contributed by atoms with Gasteiger partial charge in [-0.05, 0) is 47.5 Å². The Kier molecular flexibility index (Phi) is 4.55. The fourth-order valence-corrected chi connectivity index (χ4v) is 4.55. The maximum atomic E-state index is 12.2. The Hall–Kier alpha value is -0.860. The van der Waals surface area contributed by atoms with Crippen molar-refractivity contribution >= 4 is 31.9 Å². The number of carboxylic acids is 1. The third kappa shape index (κ3) is 3.42. The third-order valence-electron chi connectivity index (χ3n) is 3.49. The van der Waals surface area contributed by atoms with Crippen molar-refractivity contribution in [1.29, 1.82) is 0 Å². The number of aromatic carboxylic acids is 1. The normalized spacial score (nSPS) is 23.7. The number of rotatable bonds is 4. The Morgan fingerprint density at radius 2 is 2.00 bits per heavy atom. The molecule has 1 aliphatic carbocycles. The van der Waals surface area contributed by atoms with Gasteiger partial charge in [0.15, 0.2) is 4.67 Å². The molecule has 1 saturated carbocycles. The number of hydrogen-bond acceptors (Lipinski definition) is 4. The van der Waals surface area contributed by atoms with Crippen molar-refractivity contribution in [2.75, 3.05) is 0 Å². The zero-order valence-corrected chi connectivity index (χ0v) is 13.3. The summed E-state index contributed by atoms with van der Waals surface area (Å²) in [6, 6.07) is 0.909. The lowest BCUT2D eigenvalue weighted by Crippen LogP contribution is -2.37. The van der Waals surface area contributed by atoms with E-state index in [4.69, 9.17) is 9.52 Å². The van der Waals surface area contributed by atoms with E-state index >= 15 is 0 Å². The maximum absolute atomic E-state index is 12.2. The van der Waals surface area contributed by atoms with Crippen molar-refractivity contribution in [3.8, 4) is 0 Å². The molecule has 0 unspecified atom stereocenters. The summed E-state index contributed by atoms with van der Waals surface area (Å²) in [5, 5.41) is 8.81. The van der Waals surface area contributed by atoms with Crippen molar-refractivity contribution in [2.24, 2.45) is 5.92 Å². The fraction of sp³-hybridized carbons (Fsp3) is 0.583. The highest BCUT2D eigenvalue weighted by Gasteiger charge is 2.28. The molecule has 1 fully saturated rings. The molecule has 1 aromatic heterocycles. The second-order valence-electron chi connectivity index (χ2n) is 5.13. The van der Waals surface area contributed by atoms with Crippen LogP contribution < -0.4 is 4.72 Å². The molecule has 1 aliphatic rings. The summed E-state index contributed by atoms with van der Waals surface area (Å²) >= 11 is 2.95. The van der Waals surface area contributed by atoms with E-state index in [0.29, 0.717) is 5.92 Å². The SMILES string of the molecule is CC1CCC(NS(=O)(=O)c2cc(C(=O)O)oc2Br)CC1. The summed E-state index contributed by atoms with van der Waals surface area (Å²) in [4.78, 5) is 10.6. The lowest BCUT2D eigenvalue weighted by molar-refractivity contribution is 0.0661. The Morgan fingerprint density at radius 3 is 2.50 bits per heavy atom. The van der Waals surface area contributed by atoms with Crippen LogP contribution >= 0.6 is 15.9 Å². The van der Waals surface area contributed by atoms with E-state index in [0.717, 1.165) is 31.7 Å². The summed E-state index contributed by atoms with van der Waals surface area (Å²) in [6.45, 7) is 2.15. The number of carboxylic acid groups (broad SMARTS) is 1. The monoisotopic (exact) mass is 365 g/mol. The van der Waals surface area contributed by atoms with Gasteiger partial charge in [0.1, 0.15) is 4.90 Å². The van der Waals surface area contributed by atoms with Crippen LogP contribution in [0.25, 0.3) is 0 Å². The van der Waals surface area contributed by atoms with Gasteiger partial charge in [-0.3, -0.25) is 0 Å². The Labute approximate surface area is 125 Å². The highest BCUT2D eigenvalue weighted by atomic mass is 79.9. The van der Waals surface area contributed by atoms with E-state index in [1.165, 1.54) is 0 Å². The van der Waals surface area contributed by atoms with Gasteiger partial charge in [0.05, 0.1) is 0 Å². The van der Waals surface area contributed by atoms with Crippen LogP contribution in [0.2, 0.25) is 0 Å². The predicted octanol–water partition coefficient (Wildman–Crippen LogP) is 2.60. The largest absolute Gasteiger partial charge is 0.475 e. The number of carbonyl (C=O) groups is 1. The van der Waals surface area contributed by atoms with Crippen molar-refractivity contribution in [1.82, 2.24) is 4.72 Å². The first-order valence-electron chi connectivity index (χ1n) is 6.34. The van der Waals surface area contributed by atoms with E-state index in [9.17, 15) is 13.2 Å². The highest BCUT2D eigenvalue weighted by molar-refractivity contribution is 9.10. The van der Waals surface area contributed by atoms with Crippen molar-refractivity contribution in [3.05, 3.63) is 16.5 Å².